The molecular weight excluding hydrogens is 308 g/mol. The van der Waals surface area contributed by atoms with Crippen LogP contribution in [0, 0.1) is 11.3 Å². The molecule has 0 unspecified atom stereocenters. The molecular formula is C22H20N2O. The lowest BCUT2D eigenvalue weighted by Crippen LogP contribution is -2.07. The number of nitriles is 1. The Balaban J connectivity index is 1.45. The molecule has 0 heterocycles. The van der Waals surface area contributed by atoms with Crippen molar-refractivity contribution in [3.05, 3.63) is 84.4 Å². The molecule has 0 bridgehead atoms. The van der Waals surface area contributed by atoms with Crippen LogP contribution in [0.2, 0.25) is 0 Å². The summed E-state index contributed by atoms with van der Waals surface area (Å²) in [6, 6.07) is 27.9. The van der Waals surface area contributed by atoms with Crippen LogP contribution in [0.25, 0.3) is 11.1 Å². The molecule has 0 amide bonds. The Kier molecular flexibility index (Phi) is 5.68. The number of nitrogens with zero attached hydrogens (tertiary/aromatic N) is 1. The van der Waals surface area contributed by atoms with Gasteiger partial charge in [-0.1, -0.05) is 42.5 Å². The van der Waals surface area contributed by atoms with Crippen LogP contribution < -0.4 is 10.1 Å². The van der Waals surface area contributed by atoms with Gasteiger partial charge in [0.2, 0.25) is 0 Å². The highest BCUT2D eigenvalue weighted by Gasteiger charge is 2.00. The van der Waals surface area contributed by atoms with Gasteiger partial charge in [0.25, 0.3) is 0 Å². The third kappa shape index (κ3) is 4.86. The third-order valence-corrected chi connectivity index (χ3v) is 3.89. The first kappa shape index (κ1) is 16.6. The zero-order valence-electron chi connectivity index (χ0n) is 14.0. The molecule has 0 aromatic heterocycles. The van der Waals surface area contributed by atoms with Crippen molar-refractivity contribution >= 4 is 5.69 Å². The summed E-state index contributed by atoms with van der Waals surface area (Å²) < 4.78 is 5.79. The Bertz CT molecular complexity index is 819. The van der Waals surface area contributed by atoms with Gasteiger partial charge < -0.3 is 10.1 Å². The topological polar surface area (TPSA) is 45.0 Å². The summed E-state index contributed by atoms with van der Waals surface area (Å²) in [6.07, 6.45) is 0.937. The minimum atomic E-state index is 0.674. The number of hydrogen-bond donors (Lipinski definition) is 1. The van der Waals surface area contributed by atoms with Crippen molar-refractivity contribution in [1.82, 2.24) is 0 Å². The third-order valence-electron chi connectivity index (χ3n) is 3.89. The van der Waals surface area contributed by atoms with Crippen LogP contribution in [-0.2, 0) is 0 Å². The molecule has 3 aromatic rings. The van der Waals surface area contributed by atoms with E-state index in [1.807, 2.05) is 66.7 Å². The van der Waals surface area contributed by atoms with Gasteiger partial charge in [-0.3, -0.25) is 0 Å². The number of rotatable bonds is 7. The summed E-state index contributed by atoms with van der Waals surface area (Å²) in [7, 11) is 0. The second kappa shape index (κ2) is 8.56. The smallest absolute Gasteiger partial charge is 0.119 e. The largest absolute Gasteiger partial charge is 0.494 e. The molecule has 0 saturated carbocycles. The molecule has 0 aliphatic heterocycles. The van der Waals surface area contributed by atoms with E-state index >= 15 is 0 Å². The van der Waals surface area contributed by atoms with Crippen LogP contribution in [0.3, 0.4) is 0 Å². The van der Waals surface area contributed by atoms with Gasteiger partial charge in [-0.15, -0.1) is 0 Å². The highest BCUT2D eigenvalue weighted by Crippen LogP contribution is 2.22. The summed E-state index contributed by atoms with van der Waals surface area (Å²) in [4.78, 5) is 0. The quantitative estimate of drug-likeness (QED) is 0.613. The molecule has 3 heteroatoms. The fourth-order valence-corrected chi connectivity index (χ4v) is 2.53. The van der Waals surface area contributed by atoms with Crippen molar-refractivity contribution in [3.8, 4) is 22.9 Å². The maximum atomic E-state index is 8.85. The van der Waals surface area contributed by atoms with E-state index in [4.69, 9.17) is 10.00 Å². The molecule has 3 aromatic carbocycles. The average Bonchev–Trinajstić information content (AvgIpc) is 2.69. The zero-order valence-corrected chi connectivity index (χ0v) is 14.0. The zero-order chi connectivity index (χ0) is 17.3. The van der Waals surface area contributed by atoms with E-state index in [0.717, 1.165) is 35.5 Å². The fourth-order valence-electron chi connectivity index (χ4n) is 2.53. The molecule has 0 aliphatic carbocycles. The summed E-state index contributed by atoms with van der Waals surface area (Å²) in [6.45, 7) is 1.56. The van der Waals surface area contributed by atoms with Gasteiger partial charge in [-0.05, 0) is 53.9 Å². The van der Waals surface area contributed by atoms with Crippen LogP contribution in [0.5, 0.6) is 5.75 Å². The van der Waals surface area contributed by atoms with Crippen molar-refractivity contribution in [2.75, 3.05) is 18.5 Å². The fraction of sp³-hybridized carbons (Fsp3) is 0.136. The summed E-state index contributed by atoms with van der Waals surface area (Å²) in [5.74, 6) is 0.872. The molecule has 0 radical (unpaired) electrons. The van der Waals surface area contributed by atoms with Crippen molar-refractivity contribution < 1.29 is 4.74 Å². The molecule has 1 N–H and O–H groups in total. The Morgan fingerprint density at radius 1 is 0.800 bits per heavy atom. The monoisotopic (exact) mass is 328 g/mol. The second-order valence-corrected chi connectivity index (χ2v) is 5.71. The number of benzene rings is 3. The first-order chi connectivity index (χ1) is 12.3. The van der Waals surface area contributed by atoms with Crippen molar-refractivity contribution in [2.24, 2.45) is 0 Å². The lowest BCUT2D eigenvalue weighted by Gasteiger charge is -2.09. The number of hydrogen-bond acceptors (Lipinski definition) is 3. The van der Waals surface area contributed by atoms with E-state index in [0.29, 0.717) is 12.2 Å². The molecule has 0 fully saturated rings. The standard InChI is InChI=1S/C22H20N2O/c23-17-18-7-9-19(10-8-18)20-11-13-22(14-12-20)25-16-4-15-24-21-5-2-1-3-6-21/h1-3,5-14,24H,4,15-16H2. The van der Waals surface area contributed by atoms with Gasteiger partial charge in [-0.2, -0.15) is 5.26 Å². The minimum absolute atomic E-state index is 0.674. The summed E-state index contributed by atoms with van der Waals surface area (Å²) in [5, 5.41) is 12.2. The molecule has 25 heavy (non-hydrogen) atoms. The van der Waals surface area contributed by atoms with E-state index in [1.54, 1.807) is 0 Å². The van der Waals surface area contributed by atoms with Crippen LogP contribution in [0.15, 0.2) is 78.9 Å². The predicted molar refractivity (Wildman–Crippen MR) is 102 cm³/mol. The highest BCUT2D eigenvalue weighted by atomic mass is 16.5. The molecule has 124 valence electrons. The average molecular weight is 328 g/mol. The lowest BCUT2D eigenvalue weighted by atomic mass is 10.0. The van der Waals surface area contributed by atoms with E-state index in [-0.39, 0.29) is 0 Å². The first-order valence-corrected chi connectivity index (χ1v) is 8.37. The number of anilines is 1. The normalized spacial score (nSPS) is 10.0. The first-order valence-electron chi connectivity index (χ1n) is 8.37. The summed E-state index contributed by atoms with van der Waals surface area (Å²) in [5.41, 5.74) is 4.02. The van der Waals surface area contributed by atoms with Gasteiger partial charge >= 0.3 is 0 Å². The maximum Gasteiger partial charge on any atom is 0.119 e. The van der Waals surface area contributed by atoms with Crippen LogP contribution >= 0.6 is 0 Å². The van der Waals surface area contributed by atoms with Gasteiger partial charge in [0.1, 0.15) is 5.75 Å². The summed E-state index contributed by atoms with van der Waals surface area (Å²) >= 11 is 0. The van der Waals surface area contributed by atoms with E-state index < -0.39 is 0 Å². The Hall–Kier alpha value is -3.25. The molecule has 0 saturated heterocycles. The minimum Gasteiger partial charge on any atom is -0.494 e. The van der Waals surface area contributed by atoms with Crippen LogP contribution in [-0.4, -0.2) is 13.2 Å². The van der Waals surface area contributed by atoms with E-state index in [9.17, 15) is 0 Å². The second-order valence-electron chi connectivity index (χ2n) is 5.71. The molecule has 0 aliphatic rings. The number of para-hydroxylation sites is 1. The Morgan fingerprint density at radius 3 is 2.08 bits per heavy atom. The van der Waals surface area contributed by atoms with Crippen molar-refractivity contribution in [3.63, 3.8) is 0 Å². The van der Waals surface area contributed by atoms with E-state index in [1.165, 1.54) is 0 Å². The van der Waals surface area contributed by atoms with Gasteiger partial charge in [-0.25, -0.2) is 0 Å². The van der Waals surface area contributed by atoms with Gasteiger partial charge in [0.05, 0.1) is 18.2 Å². The van der Waals surface area contributed by atoms with Crippen LogP contribution in [0.4, 0.5) is 5.69 Å². The Morgan fingerprint density at radius 2 is 1.44 bits per heavy atom. The number of ether oxygens (including phenoxy) is 1. The van der Waals surface area contributed by atoms with Crippen molar-refractivity contribution in [1.29, 1.82) is 5.26 Å². The van der Waals surface area contributed by atoms with Crippen LogP contribution in [0.1, 0.15) is 12.0 Å². The molecule has 0 spiro atoms. The highest BCUT2D eigenvalue weighted by molar-refractivity contribution is 5.64. The van der Waals surface area contributed by atoms with Gasteiger partial charge in [0.15, 0.2) is 0 Å². The molecule has 3 nitrogen and oxygen atoms in total. The Labute approximate surface area is 148 Å². The SMILES string of the molecule is N#Cc1ccc(-c2ccc(OCCCNc3ccccc3)cc2)cc1. The molecule has 0 atom stereocenters. The van der Waals surface area contributed by atoms with E-state index in [2.05, 4.69) is 23.5 Å². The number of nitrogens with one attached hydrogen (secondary N) is 1. The predicted octanol–water partition coefficient (Wildman–Crippen LogP) is 5.11. The van der Waals surface area contributed by atoms with Gasteiger partial charge in [0, 0.05) is 12.2 Å². The molecule has 3 rings (SSSR count). The maximum absolute atomic E-state index is 8.85. The van der Waals surface area contributed by atoms with Crippen molar-refractivity contribution in [2.45, 2.75) is 6.42 Å². The lowest BCUT2D eigenvalue weighted by molar-refractivity contribution is 0.315.